The van der Waals surface area contributed by atoms with Crippen molar-refractivity contribution < 1.29 is 47.6 Å². The summed E-state index contributed by atoms with van der Waals surface area (Å²) >= 11 is 0. The van der Waals surface area contributed by atoms with Crippen LogP contribution in [0.4, 0.5) is 0 Å². The van der Waals surface area contributed by atoms with Gasteiger partial charge in [0.25, 0.3) is 0 Å². The Bertz CT molecular complexity index is 850. The molecule has 28 heavy (non-hydrogen) atoms. The molecular formula is C16H26N2O8S2. The number of aliphatic hydroxyl groups is 2. The molecule has 0 aliphatic carbocycles. The Morgan fingerprint density at radius 1 is 0.714 bits per heavy atom. The predicted octanol–water partition coefficient (Wildman–Crippen LogP) is -2.13. The van der Waals surface area contributed by atoms with Crippen LogP contribution in [0.25, 0.3) is 10.8 Å². The van der Waals surface area contributed by atoms with Gasteiger partial charge in [-0.2, -0.15) is 0 Å². The zero-order chi connectivity index (χ0) is 21.8. The number of benzene rings is 2. The third kappa shape index (κ3) is 9.03. The van der Waals surface area contributed by atoms with Gasteiger partial charge in [0.1, 0.15) is 20.2 Å². The van der Waals surface area contributed by atoms with Crippen LogP contribution in [-0.2, 0) is 20.2 Å². The van der Waals surface area contributed by atoms with Gasteiger partial charge in [0.05, 0.1) is 22.9 Å². The molecule has 2 rings (SSSR count). The van der Waals surface area contributed by atoms with Gasteiger partial charge < -0.3 is 30.8 Å². The molecule has 0 saturated carbocycles. The Labute approximate surface area is 164 Å². The summed E-state index contributed by atoms with van der Waals surface area (Å²) in [5.41, 5.74) is 7.03. The number of hydrogen-bond acceptors (Lipinski definition) is 8. The van der Waals surface area contributed by atoms with Crippen molar-refractivity contribution >= 4 is 31.0 Å². The molecule has 12 heteroatoms. The van der Waals surface area contributed by atoms with Gasteiger partial charge in [-0.25, -0.2) is 16.8 Å². The van der Waals surface area contributed by atoms with Crippen molar-refractivity contribution in [1.82, 2.24) is 0 Å². The van der Waals surface area contributed by atoms with Gasteiger partial charge in [0.2, 0.25) is 0 Å². The van der Waals surface area contributed by atoms with Crippen LogP contribution in [0.3, 0.4) is 0 Å². The standard InChI is InChI=1S/C10H8O6S2.2C3H9NO/c11-17(12,13)9-5-1-3-7-8(9)4-2-6-10(7)18(14,15)16;2*4-2-1-3-5/h1-6H,(H,11,12,13)(H,14,15,16);2*5H,1-4H2. The van der Waals surface area contributed by atoms with E-state index in [1.165, 1.54) is 24.3 Å². The largest absolute Gasteiger partial charge is 0.744 e. The Morgan fingerprint density at radius 2 is 1.04 bits per heavy atom. The summed E-state index contributed by atoms with van der Waals surface area (Å²) in [6.07, 6.45) is 1.67. The van der Waals surface area contributed by atoms with Crippen molar-refractivity contribution in [3.63, 3.8) is 0 Å². The fraction of sp³-hybridized carbons (Fsp3) is 0.375. The van der Waals surface area contributed by atoms with E-state index in [0.29, 0.717) is 0 Å². The van der Waals surface area contributed by atoms with Gasteiger partial charge in [0, 0.05) is 36.8 Å². The fourth-order valence-electron chi connectivity index (χ4n) is 1.91. The third-order valence-corrected chi connectivity index (χ3v) is 4.99. The quantitative estimate of drug-likeness (QED) is 0.365. The summed E-state index contributed by atoms with van der Waals surface area (Å²) in [5.74, 6) is 0. The molecule has 0 amide bonds. The van der Waals surface area contributed by atoms with Gasteiger partial charge in [0.15, 0.2) is 0 Å². The van der Waals surface area contributed by atoms with Crippen LogP contribution in [0.5, 0.6) is 0 Å². The summed E-state index contributed by atoms with van der Waals surface area (Å²) in [6, 6.07) is 7.09. The van der Waals surface area contributed by atoms with E-state index in [4.69, 9.17) is 10.2 Å². The lowest BCUT2D eigenvalue weighted by Gasteiger charge is -2.14. The summed E-state index contributed by atoms with van der Waals surface area (Å²) in [5, 5.41) is 15.9. The molecule has 0 saturated heterocycles. The second-order valence-electron chi connectivity index (χ2n) is 5.38. The maximum Gasteiger partial charge on any atom is 0.125 e. The highest BCUT2D eigenvalue weighted by molar-refractivity contribution is 7.86. The van der Waals surface area contributed by atoms with Crippen LogP contribution in [0.2, 0.25) is 0 Å². The second kappa shape index (κ2) is 12.7. The average molecular weight is 439 g/mol. The number of hydrogen-bond donors (Lipinski definition) is 4. The molecule has 0 aliphatic heterocycles. The van der Waals surface area contributed by atoms with Crippen molar-refractivity contribution in [3.05, 3.63) is 36.4 Å². The van der Waals surface area contributed by atoms with Gasteiger partial charge >= 0.3 is 0 Å². The molecule has 0 radical (unpaired) electrons. The van der Waals surface area contributed by atoms with E-state index >= 15 is 0 Å². The van der Waals surface area contributed by atoms with Crippen molar-refractivity contribution in [2.75, 3.05) is 26.3 Å². The number of rotatable bonds is 6. The maximum absolute atomic E-state index is 11.0. The average Bonchev–Trinajstić information content (AvgIpc) is 2.61. The van der Waals surface area contributed by atoms with E-state index < -0.39 is 30.0 Å². The summed E-state index contributed by atoms with van der Waals surface area (Å²) in [6.45, 7) is 2.25. The molecule has 2 aromatic carbocycles. The van der Waals surface area contributed by atoms with Crippen LogP contribution >= 0.6 is 0 Å². The van der Waals surface area contributed by atoms with E-state index in [1.807, 2.05) is 0 Å². The molecule has 2 aromatic rings. The molecule has 160 valence electrons. The minimum Gasteiger partial charge on any atom is -0.744 e. The molecule has 0 atom stereocenters. The van der Waals surface area contributed by atoms with E-state index in [9.17, 15) is 25.9 Å². The van der Waals surface area contributed by atoms with E-state index in [0.717, 1.165) is 38.1 Å². The lowest BCUT2D eigenvalue weighted by molar-refractivity contribution is -0.369. The van der Waals surface area contributed by atoms with Crippen molar-refractivity contribution in [1.29, 1.82) is 0 Å². The Hall–Kier alpha value is -1.64. The van der Waals surface area contributed by atoms with Crippen LogP contribution in [0.15, 0.2) is 46.2 Å². The molecule has 10 nitrogen and oxygen atoms in total. The van der Waals surface area contributed by atoms with E-state index in [-0.39, 0.29) is 24.0 Å². The Morgan fingerprint density at radius 3 is 1.21 bits per heavy atom. The van der Waals surface area contributed by atoms with Crippen LogP contribution in [0.1, 0.15) is 12.8 Å². The normalized spacial score (nSPS) is 11.2. The minimum atomic E-state index is -4.74. The van der Waals surface area contributed by atoms with Crippen LogP contribution in [0, 0.1) is 0 Å². The molecule has 8 N–H and O–H groups in total. The molecule has 0 aliphatic rings. The van der Waals surface area contributed by atoms with Crippen molar-refractivity contribution in [2.24, 2.45) is 0 Å². The molecular weight excluding hydrogens is 412 g/mol. The molecule has 0 fully saturated rings. The first kappa shape index (κ1) is 26.4. The van der Waals surface area contributed by atoms with Crippen LogP contribution in [-0.4, -0.2) is 62.5 Å². The Balaban J connectivity index is 0.000000607. The van der Waals surface area contributed by atoms with Crippen molar-refractivity contribution in [3.8, 4) is 0 Å². The van der Waals surface area contributed by atoms with Gasteiger partial charge in [-0.3, -0.25) is 0 Å². The van der Waals surface area contributed by atoms with E-state index in [2.05, 4.69) is 11.5 Å². The highest BCUT2D eigenvalue weighted by atomic mass is 32.2. The summed E-state index contributed by atoms with van der Waals surface area (Å²) in [7, 11) is -9.48. The fourth-order valence-corrected chi connectivity index (χ4v) is 3.30. The predicted molar refractivity (Wildman–Crippen MR) is 98.8 cm³/mol. The number of fused-ring (bicyclic) bond motifs is 1. The lowest BCUT2D eigenvalue weighted by atomic mass is 10.1. The van der Waals surface area contributed by atoms with Gasteiger partial charge in [-0.05, 0) is 12.1 Å². The number of quaternary nitrogens is 2. The zero-order valence-corrected chi connectivity index (χ0v) is 16.9. The van der Waals surface area contributed by atoms with Gasteiger partial charge in [-0.1, -0.05) is 24.3 Å². The summed E-state index contributed by atoms with van der Waals surface area (Å²) in [4.78, 5) is -1.10. The van der Waals surface area contributed by atoms with Crippen molar-refractivity contribution in [2.45, 2.75) is 22.6 Å². The number of aliphatic hydroxyl groups excluding tert-OH is 2. The molecule has 0 bridgehead atoms. The first-order valence-corrected chi connectivity index (χ1v) is 11.1. The second-order valence-corrected chi connectivity index (χ2v) is 8.07. The first-order chi connectivity index (χ1) is 13.0. The zero-order valence-electron chi connectivity index (χ0n) is 15.3. The summed E-state index contributed by atoms with van der Waals surface area (Å²) < 4.78 is 66.1. The van der Waals surface area contributed by atoms with Crippen LogP contribution < -0.4 is 11.5 Å². The topological polar surface area (TPSA) is 210 Å². The molecule has 0 aromatic heterocycles. The highest BCUT2D eigenvalue weighted by Crippen LogP contribution is 2.27. The minimum absolute atomic E-state index is 0.0792. The Kier molecular flexibility index (Phi) is 12.0. The SMILES string of the molecule is O=S(=O)([O-])c1cccc2c(S(=O)(=O)[O-])cccc12.[NH3+]CCCO.[NH3+]CCCO. The molecule has 0 spiro atoms. The third-order valence-electron chi connectivity index (χ3n) is 3.20. The highest BCUT2D eigenvalue weighted by Gasteiger charge is 2.12. The monoisotopic (exact) mass is 438 g/mol. The van der Waals surface area contributed by atoms with Gasteiger partial charge in [-0.15, -0.1) is 0 Å². The molecule has 0 heterocycles. The van der Waals surface area contributed by atoms with E-state index in [1.54, 1.807) is 0 Å². The lowest BCUT2D eigenvalue weighted by Crippen LogP contribution is -2.50. The molecule has 0 unspecified atom stereocenters. The smallest absolute Gasteiger partial charge is 0.125 e. The first-order valence-electron chi connectivity index (χ1n) is 8.28. The maximum atomic E-state index is 11.0.